The van der Waals surface area contributed by atoms with Gasteiger partial charge < -0.3 is 9.31 Å². The number of hydrogen-bond donors (Lipinski definition) is 0. The molecule has 16 heavy (non-hydrogen) atoms. The summed E-state index contributed by atoms with van der Waals surface area (Å²) in [4.78, 5) is 0. The standard InChI is InChI=1S/C9H13BBrCl3O2/c1-7(2)8(3,4)16-10(15-7)6(11)5-9(12,13)14/h5H,1-4H3/b6-5-. The minimum absolute atomic E-state index is 0.405. The van der Waals surface area contributed by atoms with Crippen molar-refractivity contribution in [3.8, 4) is 0 Å². The van der Waals surface area contributed by atoms with Crippen molar-refractivity contribution in [2.75, 3.05) is 0 Å². The Hall–Kier alpha value is 1.07. The molecular formula is C9H13BBrCl3O2. The molecule has 1 heterocycles. The predicted octanol–water partition coefficient (Wildman–Crippen LogP) is 4.27. The van der Waals surface area contributed by atoms with Crippen molar-refractivity contribution in [1.29, 1.82) is 0 Å². The van der Waals surface area contributed by atoms with Crippen LogP contribution < -0.4 is 0 Å². The number of alkyl halides is 3. The minimum atomic E-state index is -1.47. The van der Waals surface area contributed by atoms with Crippen molar-refractivity contribution in [2.24, 2.45) is 0 Å². The van der Waals surface area contributed by atoms with Gasteiger partial charge in [0.1, 0.15) is 0 Å². The Morgan fingerprint density at radius 1 is 1.12 bits per heavy atom. The highest BCUT2D eigenvalue weighted by atomic mass is 79.9. The van der Waals surface area contributed by atoms with Crippen LogP contribution in [0.4, 0.5) is 0 Å². The van der Waals surface area contributed by atoms with Gasteiger partial charge in [-0.1, -0.05) is 50.7 Å². The van der Waals surface area contributed by atoms with Gasteiger partial charge in [0.15, 0.2) is 0 Å². The molecule has 0 aromatic rings. The van der Waals surface area contributed by atoms with Crippen LogP contribution in [-0.4, -0.2) is 22.1 Å². The Morgan fingerprint density at radius 3 is 1.81 bits per heavy atom. The van der Waals surface area contributed by atoms with E-state index >= 15 is 0 Å². The quantitative estimate of drug-likeness (QED) is 0.520. The predicted molar refractivity (Wildman–Crippen MR) is 73.4 cm³/mol. The average Bonchev–Trinajstić information content (AvgIpc) is 2.17. The monoisotopic (exact) mass is 348 g/mol. The highest BCUT2D eigenvalue weighted by molar-refractivity contribution is 9.12. The molecule has 1 aliphatic rings. The molecule has 2 nitrogen and oxygen atoms in total. The van der Waals surface area contributed by atoms with E-state index in [0.29, 0.717) is 4.38 Å². The van der Waals surface area contributed by atoms with Gasteiger partial charge in [0.25, 0.3) is 0 Å². The molecule has 92 valence electrons. The molecule has 0 bridgehead atoms. The number of hydrogen-bond acceptors (Lipinski definition) is 2. The second-order valence-electron chi connectivity index (χ2n) is 4.66. The zero-order valence-electron chi connectivity index (χ0n) is 9.48. The van der Waals surface area contributed by atoms with E-state index in [1.165, 1.54) is 6.08 Å². The van der Waals surface area contributed by atoms with E-state index in [1.807, 2.05) is 27.7 Å². The van der Waals surface area contributed by atoms with Crippen molar-refractivity contribution < 1.29 is 9.31 Å². The Balaban J connectivity index is 2.85. The van der Waals surface area contributed by atoms with Gasteiger partial charge in [-0.3, -0.25) is 0 Å². The van der Waals surface area contributed by atoms with Gasteiger partial charge in [-0.2, -0.15) is 0 Å². The summed E-state index contributed by atoms with van der Waals surface area (Å²) in [5.41, 5.74) is -0.809. The molecule has 0 saturated carbocycles. The molecule has 1 rings (SSSR count). The Kier molecular flexibility index (Phi) is 4.38. The highest BCUT2D eigenvalue weighted by Gasteiger charge is 2.52. The van der Waals surface area contributed by atoms with Crippen LogP contribution >= 0.6 is 50.7 Å². The van der Waals surface area contributed by atoms with Gasteiger partial charge in [-0.05, 0) is 33.8 Å². The summed E-state index contributed by atoms with van der Waals surface area (Å²) in [5, 5.41) is 0. The summed E-state index contributed by atoms with van der Waals surface area (Å²) in [5.74, 6) is 0. The lowest BCUT2D eigenvalue weighted by molar-refractivity contribution is 0.00578. The van der Waals surface area contributed by atoms with Gasteiger partial charge >= 0.3 is 7.12 Å². The van der Waals surface area contributed by atoms with Crippen LogP contribution in [0.3, 0.4) is 0 Å². The van der Waals surface area contributed by atoms with Crippen LogP contribution in [-0.2, 0) is 9.31 Å². The molecule has 1 fully saturated rings. The Morgan fingerprint density at radius 2 is 1.50 bits per heavy atom. The van der Waals surface area contributed by atoms with Gasteiger partial charge in [0, 0.05) is 4.38 Å². The zero-order valence-corrected chi connectivity index (χ0v) is 13.3. The summed E-state index contributed by atoms with van der Waals surface area (Å²) >= 11 is 20.3. The van der Waals surface area contributed by atoms with Crippen LogP contribution in [0.5, 0.6) is 0 Å². The number of halogens is 4. The molecule has 1 saturated heterocycles. The lowest BCUT2D eigenvalue weighted by Crippen LogP contribution is -2.41. The largest absolute Gasteiger partial charge is 0.502 e. The van der Waals surface area contributed by atoms with Gasteiger partial charge in [0.05, 0.1) is 11.2 Å². The lowest BCUT2D eigenvalue weighted by atomic mass is 9.90. The molecule has 0 unspecified atom stereocenters. The van der Waals surface area contributed by atoms with Crippen molar-refractivity contribution in [3.63, 3.8) is 0 Å². The summed E-state index contributed by atoms with van der Waals surface area (Å²) in [6, 6.07) is 0. The third-order valence-corrected chi connectivity index (χ3v) is 3.71. The van der Waals surface area contributed by atoms with E-state index in [2.05, 4.69) is 15.9 Å². The van der Waals surface area contributed by atoms with Gasteiger partial charge in [0.2, 0.25) is 3.79 Å². The Labute approximate surface area is 120 Å². The SMILES string of the molecule is CC1(C)OB(/C(Br)=C/C(Cl)(Cl)Cl)OC1(C)C. The molecule has 0 N–H and O–H groups in total. The summed E-state index contributed by atoms with van der Waals surface area (Å²) in [6.45, 7) is 7.84. The molecule has 7 heteroatoms. The zero-order chi connectivity index (χ0) is 12.8. The third kappa shape index (κ3) is 3.53. The smallest absolute Gasteiger partial charge is 0.399 e. The van der Waals surface area contributed by atoms with E-state index in [1.54, 1.807) is 0 Å². The fourth-order valence-electron chi connectivity index (χ4n) is 1.18. The third-order valence-electron chi connectivity index (χ3n) is 2.78. The van der Waals surface area contributed by atoms with E-state index in [-0.39, 0.29) is 0 Å². The summed E-state index contributed by atoms with van der Waals surface area (Å²) in [7, 11) is -0.541. The molecule has 0 radical (unpaired) electrons. The fraction of sp³-hybridized carbons (Fsp3) is 0.778. The average molecular weight is 350 g/mol. The number of allylic oxidation sites excluding steroid dienone is 1. The minimum Gasteiger partial charge on any atom is -0.399 e. The lowest BCUT2D eigenvalue weighted by Gasteiger charge is -2.32. The van der Waals surface area contributed by atoms with E-state index in [4.69, 9.17) is 44.1 Å². The first-order chi connectivity index (χ1) is 6.95. The van der Waals surface area contributed by atoms with E-state index < -0.39 is 22.1 Å². The molecule has 1 aliphatic heterocycles. The van der Waals surface area contributed by atoms with Crippen molar-refractivity contribution >= 4 is 57.9 Å². The van der Waals surface area contributed by atoms with E-state index in [0.717, 1.165) is 0 Å². The van der Waals surface area contributed by atoms with Crippen molar-refractivity contribution in [1.82, 2.24) is 0 Å². The number of rotatable bonds is 1. The maximum absolute atomic E-state index is 5.76. The normalized spacial score (nSPS) is 25.0. The molecule has 0 amide bonds. The molecule has 0 spiro atoms. The summed E-state index contributed by atoms with van der Waals surface area (Å²) in [6.07, 6.45) is 1.43. The maximum atomic E-state index is 5.76. The summed E-state index contributed by atoms with van der Waals surface area (Å²) < 4.78 is 10.6. The van der Waals surface area contributed by atoms with Gasteiger partial charge in [-0.15, -0.1) is 0 Å². The molecule has 0 atom stereocenters. The van der Waals surface area contributed by atoms with Crippen LogP contribution in [0.2, 0.25) is 0 Å². The highest BCUT2D eigenvalue weighted by Crippen LogP contribution is 2.41. The second-order valence-corrected chi connectivity index (χ2v) is 7.94. The molecule has 0 aromatic heterocycles. The van der Waals surface area contributed by atoms with Crippen LogP contribution in [0, 0.1) is 0 Å². The second kappa shape index (κ2) is 4.63. The van der Waals surface area contributed by atoms with Crippen molar-refractivity contribution in [3.05, 3.63) is 10.5 Å². The molecular weight excluding hydrogens is 337 g/mol. The topological polar surface area (TPSA) is 18.5 Å². The maximum Gasteiger partial charge on any atom is 0.502 e. The van der Waals surface area contributed by atoms with Crippen molar-refractivity contribution in [2.45, 2.75) is 42.7 Å². The van der Waals surface area contributed by atoms with Gasteiger partial charge in [-0.25, -0.2) is 0 Å². The molecule has 0 aromatic carbocycles. The first-order valence-electron chi connectivity index (χ1n) is 4.75. The van der Waals surface area contributed by atoms with Crippen LogP contribution in [0.15, 0.2) is 10.5 Å². The molecule has 0 aliphatic carbocycles. The fourth-order valence-corrected chi connectivity index (χ4v) is 2.46. The van der Waals surface area contributed by atoms with Crippen LogP contribution in [0.1, 0.15) is 27.7 Å². The first-order valence-corrected chi connectivity index (χ1v) is 6.68. The first kappa shape index (κ1) is 15.1. The van der Waals surface area contributed by atoms with Crippen LogP contribution in [0.25, 0.3) is 0 Å². The van der Waals surface area contributed by atoms with E-state index in [9.17, 15) is 0 Å². The Bertz CT molecular complexity index is 296.